The van der Waals surface area contributed by atoms with Crippen molar-refractivity contribution in [1.82, 2.24) is 9.55 Å². The number of thioether (sulfide) groups is 1. The van der Waals surface area contributed by atoms with Crippen LogP contribution in [0.15, 0.2) is 18.2 Å². The third-order valence-corrected chi connectivity index (χ3v) is 5.78. The number of halogens is 1. The summed E-state index contributed by atoms with van der Waals surface area (Å²) in [4.78, 5) is 4.85. The summed E-state index contributed by atoms with van der Waals surface area (Å²) in [5, 5.41) is 0.812. The molecule has 1 aliphatic carbocycles. The van der Waals surface area contributed by atoms with Gasteiger partial charge in [0.15, 0.2) is 0 Å². The summed E-state index contributed by atoms with van der Waals surface area (Å²) in [6.45, 7) is 4.38. The Balaban J connectivity index is 1.97. The summed E-state index contributed by atoms with van der Waals surface area (Å²) in [6, 6.07) is 7.21. The maximum atomic E-state index is 5.99. The highest BCUT2D eigenvalue weighted by Crippen LogP contribution is 2.39. The quantitative estimate of drug-likeness (QED) is 0.723. The first kappa shape index (κ1) is 15.2. The van der Waals surface area contributed by atoms with Crippen molar-refractivity contribution >= 4 is 34.4 Å². The van der Waals surface area contributed by atoms with Crippen LogP contribution in [0, 0.1) is 6.92 Å². The molecule has 1 aromatic heterocycles. The molecule has 1 aliphatic rings. The Morgan fingerprint density at radius 1 is 1.38 bits per heavy atom. The molecule has 1 heterocycles. The Hall–Kier alpha value is -0.670. The van der Waals surface area contributed by atoms with Gasteiger partial charge in [0, 0.05) is 23.6 Å². The number of aryl methyl sites for hydroxylation is 2. The fourth-order valence-corrected chi connectivity index (χ4v) is 4.77. The minimum Gasteiger partial charge on any atom is -0.325 e. The lowest BCUT2D eigenvalue weighted by molar-refractivity contribution is 0.514. The van der Waals surface area contributed by atoms with Crippen LogP contribution in [-0.4, -0.2) is 26.4 Å². The zero-order valence-electron chi connectivity index (χ0n) is 12.8. The normalized spacial score (nSPS) is 22.2. The standard InChI is InChI=1S/C17H23ClN2S/c1-3-21-14-6-5-13(11-14)20-16-7-4-12(2)10-15(16)19-17(20)8-9-18/h4,7,10,13-14H,3,5-6,8-9,11H2,1-2H3. The molecule has 0 aliphatic heterocycles. The van der Waals surface area contributed by atoms with Gasteiger partial charge in [0.25, 0.3) is 0 Å². The number of benzene rings is 1. The largest absolute Gasteiger partial charge is 0.325 e. The maximum Gasteiger partial charge on any atom is 0.111 e. The van der Waals surface area contributed by atoms with Crippen molar-refractivity contribution in [3.63, 3.8) is 0 Å². The van der Waals surface area contributed by atoms with Crippen molar-refractivity contribution in [1.29, 1.82) is 0 Å². The molecule has 21 heavy (non-hydrogen) atoms. The van der Waals surface area contributed by atoms with Crippen LogP contribution in [0.25, 0.3) is 11.0 Å². The van der Waals surface area contributed by atoms with Crippen LogP contribution in [0.5, 0.6) is 0 Å². The first-order valence-electron chi connectivity index (χ1n) is 7.88. The summed E-state index contributed by atoms with van der Waals surface area (Å²) in [6.07, 6.45) is 4.73. The first-order chi connectivity index (χ1) is 10.2. The second kappa shape index (κ2) is 6.62. The topological polar surface area (TPSA) is 17.8 Å². The maximum absolute atomic E-state index is 5.99. The minimum atomic E-state index is 0.597. The Bertz CT molecular complexity index is 623. The number of imidazole rings is 1. The van der Waals surface area contributed by atoms with E-state index in [0.717, 1.165) is 23.0 Å². The van der Waals surface area contributed by atoms with Crippen molar-refractivity contribution in [2.45, 2.75) is 50.8 Å². The average molecular weight is 323 g/mol. The second-order valence-corrected chi connectivity index (χ2v) is 7.83. The molecule has 0 radical (unpaired) electrons. The fourth-order valence-electron chi connectivity index (χ4n) is 3.47. The van der Waals surface area contributed by atoms with Crippen molar-refractivity contribution in [3.05, 3.63) is 29.6 Å². The Labute approximate surface area is 136 Å². The molecule has 0 N–H and O–H groups in total. The SMILES string of the molecule is CCSC1CCC(n2c(CCCl)nc3cc(C)ccc32)C1. The van der Waals surface area contributed by atoms with Gasteiger partial charge in [0.2, 0.25) is 0 Å². The summed E-state index contributed by atoms with van der Waals surface area (Å²) in [5.41, 5.74) is 3.69. The Morgan fingerprint density at radius 2 is 2.24 bits per heavy atom. The van der Waals surface area contributed by atoms with Crippen LogP contribution in [0.2, 0.25) is 0 Å². The number of rotatable bonds is 5. The van der Waals surface area contributed by atoms with Gasteiger partial charge in [-0.25, -0.2) is 4.98 Å². The van der Waals surface area contributed by atoms with E-state index in [1.165, 1.54) is 36.1 Å². The first-order valence-corrected chi connectivity index (χ1v) is 9.46. The molecule has 4 heteroatoms. The number of fused-ring (bicyclic) bond motifs is 1. The molecule has 2 atom stereocenters. The summed E-state index contributed by atoms with van der Waals surface area (Å²) in [5.74, 6) is 3.02. The van der Waals surface area contributed by atoms with E-state index in [1.54, 1.807) is 0 Å². The van der Waals surface area contributed by atoms with Gasteiger partial charge in [-0.2, -0.15) is 11.8 Å². The third-order valence-electron chi connectivity index (χ3n) is 4.36. The highest BCUT2D eigenvalue weighted by atomic mass is 35.5. The molecular weight excluding hydrogens is 300 g/mol. The summed E-state index contributed by atoms with van der Waals surface area (Å²) < 4.78 is 2.48. The molecule has 2 nitrogen and oxygen atoms in total. The van der Waals surface area contributed by atoms with Gasteiger partial charge in [-0.15, -0.1) is 11.6 Å². The lowest BCUT2D eigenvalue weighted by Crippen LogP contribution is -2.11. The van der Waals surface area contributed by atoms with E-state index in [1.807, 2.05) is 0 Å². The lowest BCUT2D eigenvalue weighted by Gasteiger charge is -2.17. The highest BCUT2D eigenvalue weighted by Gasteiger charge is 2.28. The van der Waals surface area contributed by atoms with Crippen LogP contribution in [0.1, 0.15) is 43.6 Å². The van der Waals surface area contributed by atoms with Crippen LogP contribution < -0.4 is 0 Å². The van der Waals surface area contributed by atoms with Gasteiger partial charge in [0.05, 0.1) is 11.0 Å². The molecular formula is C17H23ClN2S. The van der Waals surface area contributed by atoms with Gasteiger partial charge in [0.1, 0.15) is 5.82 Å². The van der Waals surface area contributed by atoms with Gasteiger partial charge in [-0.05, 0) is 49.6 Å². The Kier molecular flexibility index (Phi) is 4.80. The van der Waals surface area contributed by atoms with E-state index < -0.39 is 0 Å². The number of hydrogen-bond donors (Lipinski definition) is 0. The van der Waals surface area contributed by atoms with Gasteiger partial charge in [-0.1, -0.05) is 13.0 Å². The van der Waals surface area contributed by atoms with Crippen molar-refractivity contribution in [3.8, 4) is 0 Å². The molecule has 1 fully saturated rings. The van der Waals surface area contributed by atoms with E-state index in [4.69, 9.17) is 16.6 Å². The molecule has 0 saturated heterocycles. The summed E-state index contributed by atoms with van der Waals surface area (Å²) in [7, 11) is 0. The zero-order chi connectivity index (χ0) is 14.8. The summed E-state index contributed by atoms with van der Waals surface area (Å²) >= 11 is 8.10. The predicted octanol–water partition coefficient (Wildman–Crippen LogP) is 4.97. The van der Waals surface area contributed by atoms with E-state index in [2.05, 4.69) is 48.4 Å². The number of aromatic nitrogens is 2. The fraction of sp³-hybridized carbons (Fsp3) is 0.588. The second-order valence-electron chi connectivity index (χ2n) is 5.87. The average Bonchev–Trinajstić information content (AvgIpc) is 3.03. The number of nitrogens with zero attached hydrogens (tertiary/aromatic N) is 2. The smallest absolute Gasteiger partial charge is 0.111 e. The monoisotopic (exact) mass is 322 g/mol. The van der Waals surface area contributed by atoms with Crippen LogP contribution >= 0.6 is 23.4 Å². The lowest BCUT2D eigenvalue weighted by atomic mass is 10.2. The highest BCUT2D eigenvalue weighted by molar-refractivity contribution is 7.99. The van der Waals surface area contributed by atoms with Crippen LogP contribution in [0.3, 0.4) is 0 Å². The molecule has 2 unspecified atom stereocenters. The molecule has 1 aromatic carbocycles. The molecule has 114 valence electrons. The molecule has 0 amide bonds. The van der Waals surface area contributed by atoms with E-state index in [-0.39, 0.29) is 0 Å². The van der Waals surface area contributed by atoms with Gasteiger partial charge < -0.3 is 4.57 Å². The van der Waals surface area contributed by atoms with Crippen molar-refractivity contribution in [2.24, 2.45) is 0 Å². The third kappa shape index (κ3) is 3.09. The number of alkyl halides is 1. The van der Waals surface area contributed by atoms with Crippen LogP contribution in [0.4, 0.5) is 0 Å². The Morgan fingerprint density at radius 3 is 3.00 bits per heavy atom. The molecule has 0 bridgehead atoms. The molecule has 0 spiro atoms. The van der Waals surface area contributed by atoms with Crippen LogP contribution in [-0.2, 0) is 6.42 Å². The van der Waals surface area contributed by atoms with Gasteiger partial charge in [-0.3, -0.25) is 0 Å². The van der Waals surface area contributed by atoms with E-state index in [0.29, 0.717) is 11.9 Å². The molecule has 3 rings (SSSR count). The molecule has 2 aromatic rings. The van der Waals surface area contributed by atoms with E-state index >= 15 is 0 Å². The minimum absolute atomic E-state index is 0.597. The zero-order valence-corrected chi connectivity index (χ0v) is 14.4. The predicted molar refractivity (Wildman–Crippen MR) is 93.7 cm³/mol. The van der Waals surface area contributed by atoms with Crippen molar-refractivity contribution in [2.75, 3.05) is 11.6 Å². The van der Waals surface area contributed by atoms with E-state index in [9.17, 15) is 0 Å². The van der Waals surface area contributed by atoms with Gasteiger partial charge >= 0.3 is 0 Å². The number of hydrogen-bond acceptors (Lipinski definition) is 2. The molecule has 1 saturated carbocycles. The van der Waals surface area contributed by atoms with Crippen molar-refractivity contribution < 1.29 is 0 Å².